The molecule has 0 aliphatic carbocycles. The summed E-state index contributed by atoms with van der Waals surface area (Å²) in [6, 6.07) is 6.87. The average molecular weight is 249 g/mol. The van der Waals surface area contributed by atoms with Crippen LogP contribution in [0.15, 0.2) is 24.3 Å². The van der Waals surface area contributed by atoms with E-state index in [0.717, 1.165) is 6.26 Å². The maximum Gasteiger partial charge on any atom is 0.147 e. The van der Waals surface area contributed by atoms with Crippen LogP contribution in [0.3, 0.4) is 0 Å². The average Bonchev–Trinajstić information content (AvgIpc) is 2.14. The number of aliphatic hydroxyl groups is 1. The van der Waals surface area contributed by atoms with Crippen LogP contribution in [-0.2, 0) is 9.84 Å². The van der Waals surface area contributed by atoms with Crippen molar-refractivity contribution < 1.29 is 13.5 Å². The molecular weight excluding hydrogens is 236 g/mol. The van der Waals surface area contributed by atoms with Crippen LogP contribution in [0.1, 0.15) is 18.1 Å². The maximum atomic E-state index is 10.9. The lowest BCUT2D eigenvalue weighted by Crippen LogP contribution is -2.08. The Morgan fingerprint density at radius 1 is 1.40 bits per heavy atom. The smallest absolute Gasteiger partial charge is 0.147 e. The SMILES string of the molecule is CS(=O)(=O)CCC(O)c1ccccc1Cl. The molecule has 0 heterocycles. The molecule has 1 atom stereocenters. The highest BCUT2D eigenvalue weighted by molar-refractivity contribution is 7.90. The maximum absolute atomic E-state index is 10.9. The molecule has 0 amide bonds. The predicted molar refractivity (Wildman–Crippen MR) is 60.7 cm³/mol. The monoisotopic (exact) mass is 248 g/mol. The lowest BCUT2D eigenvalue weighted by atomic mass is 10.1. The Morgan fingerprint density at radius 2 is 2.00 bits per heavy atom. The fraction of sp³-hybridized carbons (Fsp3) is 0.400. The van der Waals surface area contributed by atoms with E-state index in [9.17, 15) is 13.5 Å². The van der Waals surface area contributed by atoms with E-state index in [1.165, 1.54) is 0 Å². The first-order chi connectivity index (χ1) is 6.90. The van der Waals surface area contributed by atoms with Gasteiger partial charge in [-0.3, -0.25) is 0 Å². The molecular formula is C10H13ClO3S. The van der Waals surface area contributed by atoms with E-state index in [4.69, 9.17) is 11.6 Å². The number of hydrogen-bond acceptors (Lipinski definition) is 3. The van der Waals surface area contributed by atoms with Crippen LogP contribution in [0.2, 0.25) is 5.02 Å². The third-order valence-electron chi connectivity index (χ3n) is 2.03. The summed E-state index contributed by atoms with van der Waals surface area (Å²) in [6.45, 7) is 0. The molecule has 15 heavy (non-hydrogen) atoms. The van der Waals surface area contributed by atoms with Gasteiger partial charge in [-0.15, -0.1) is 0 Å². The van der Waals surface area contributed by atoms with Gasteiger partial charge in [0.05, 0.1) is 11.9 Å². The highest BCUT2D eigenvalue weighted by atomic mass is 35.5. The molecule has 0 fully saturated rings. The Morgan fingerprint density at radius 3 is 2.53 bits per heavy atom. The van der Waals surface area contributed by atoms with Crippen LogP contribution in [0, 0.1) is 0 Å². The summed E-state index contributed by atoms with van der Waals surface area (Å²) in [7, 11) is -3.04. The first-order valence-corrected chi connectivity index (χ1v) is 6.94. The van der Waals surface area contributed by atoms with Crippen LogP contribution < -0.4 is 0 Å². The van der Waals surface area contributed by atoms with Crippen molar-refractivity contribution in [2.75, 3.05) is 12.0 Å². The first kappa shape index (κ1) is 12.5. The Balaban J connectivity index is 2.70. The Labute approximate surface area is 94.6 Å². The molecule has 0 spiro atoms. The van der Waals surface area contributed by atoms with Gasteiger partial charge >= 0.3 is 0 Å². The van der Waals surface area contributed by atoms with E-state index in [1.54, 1.807) is 24.3 Å². The molecule has 1 N–H and O–H groups in total. The molecule has 0 bridgehead atoms. The highest BCUT2D eigenvalue weighted by Crippen LogP contribution is 2.24. The summed E-state index contributed by atoms with van der Waals surface area (Å²) >= 11 is 5.86. The molecule has 0 saturated carbocycles. The second-order valence-electron chi connectivity index (χ2n) is 3.46. The van der Waals surface area contributed by atoms with Gasteiger partial charge in [0.1, 0.15) is 9.84 Å². The zero-order chi connectivity index (χ0) is 11.5. The molecule has 5 heteroatoms. The fourth-order valence-electron chi connectivity index (χ4n) is 1.23. The third kappa shape index (κ3) is 4.20. The van der Waals surface area contributed by atoms with Gasteiger partial charge in [-0.1, -0.05) is 29.8 Å². The minimum atomic E-state index is -3.04. The molecule has 0 aromatic heterocycles. The van der Waals surface area contributed by atoms with E-state index in [-0.39, 0.29) is 12.2 Å². The van der Waals surface area contributed by atoms with Gasteiger partial charge in [0.2, 0.25) is 0 Å². The third-order valence-corrected chi connectivity index (χ3v) is 3.35. The van der Waals surface area contributed by atoms with Gasteiger partial charge in [0.15, 0.2) is 0 Å². The van der Waals surface area contributed by atoms with E-state index in [1.807, 2.05) is 0 Å². The molecule has 1 aromatic rings. The second-order valence-corrected chi connectivity index (χ2v) is 6.12. The van der Waals surface area contributed by atoms with Gasteiger partial charge in [-0.05, 0) is 18.1 Å². The van der Waals surface area contributed by atoms with Crippen molar-refractivity contribution in [3.05, 3.63) is 34.9 Å². The highest BCUT2D eigenvalue weighted by Gasteiger charge is 2.13. The molecule has 0 radical (unpaired) electrons. The van der Waals surface area contributed by atoms with Crippen LogP contribution in [0.4, 0.5) is 0 Å². The van der Waals surface area contributed by atoms with E-state index in [0.29, 0.717) is 10.6 Å². The minimum absolute atomic E-state index is 0.0423. The van der Waals surface area contributed by atoms with Gasteiger partial charge in [0, 0.05) is 11.3 Å². The summed E-state index contributed by atoms with van der Waals surface area (Å²) in [4.78, 5) is 0. The van der Waals surface area contributed by atoms with Gasteiger partial charge in [0.25, 0.3) is 0 Å². The van der Waals surface area contributed by atoms with Crippen molar-refractivity contribution in [1.82, 2.24) is 0 Å². The van der Waals surface area contributed by atoms with E-state index >= 15 is 0 Å². The summed E-state index contributed by atoms with van der Waals surface area (Å²) < 4.78 is 21.8. The lowest BCUT2D eigenvalue weighted by molar-refractivity contribution is 0.174. The molecule has 0 aliphatic heterocycles. The summed E-state index contributed by atoms with van der Waals surface area (Å²) in [6.07, 6.45) is 0.489. The quantitative estimate of drug-likeness (QED) is 0.884. The fourth-order valence-corrected chi connectivity index (χ4v) is 2.14. The minimum Gasteiger partial charge on any atom is -0.388 e. The number of hydrogen-bond donors (Lipinski definition) is 1. The molecule has 84 valence electrons. The molecule has 1 unspecified atom stereocenters. The molecule has 0 saturated heterocycles. The van der Waals surface area contributed by atoms with Crippen molar-refractivity contribution in [2.45, 2.75) is 12.5 Å². The van der Waals surface area contributed by atoms with Crippen molar-refractivity contribution in [1.29, 1.82) is 0 Å². The Hall–Kier alpha value is -0.580. The summed E-state index contributed by atoms with van der Waals surface area (Å²) in [5.41, 5.74) is 0.572. The number of benzene rings is 1. The standard InChI is InChI=1S/C10H13ClO3S/c1-15(13,14)7-6-10(12)8-4-2-3-5-9(8)11/h2-5,10,12H,6-7H2,1H3. The number of aliphatic hydroxyl groups excluding tert-OH is 1. The molecule has 1 rings (SSSR count). The Kier molecular flexibility index (Phi) is 4.13. The normalized spacial score (nSPS) is 13.8. The van der Waals surface area contributed by atoms with Crippen molar-refractivity contribution in [2.24, 2.45) is 0 Å². The van der Waals surface area contributed by atoms with Crippen LogP contribution in [0.25, 0.3) is 0 Å². The predicted octanol–water partition coefficient (Wildman–Crippen LogP) is 1.81. The topological polar surface area (TPSA) is 54.4 Å². The number of rotatable bonds is 4. The molecule has 3 nitrogen and oxygen atoms in total. The van der Waals surface area contributed by atoms with E-state index in [2.05, 4.69) is 0 Å². The second kappa shape index (κ2) is 4.96. The van der Waals surface area contributed by atoms with Crippen molar-refractivity contribution in [3.63, 3.8) is 0 Å². The van der Waals surface area contributed by atoms with Crippen LogP contribution in [0.5, 0.6) is 0 Å². The van der Waals surface area contributed by atoms with Gasteiger partial charge in [-0.2, -0.15) is 0 Å². The van der Waals surface area contributed by atoms with Crippen LogP contribution >= 0.6 is 11.6 Å². The van der Waals surface area contributed by atoms with Crippen LogP contribution in [-0.4, -0.2) is 25.5 Å². The first-order valence-electron chi connectivity index (χ1n) is 4.50. The largest absolute Gasteiger partial charge is 0.388 e. The summed E-state index contributed by atoms with van der Waals surface area (Å²) in [5.74, 6) is -0.0423. The lowest BCUT2D eigenvalue weighted by Gasteiger charge is -2.11. The van der Waals surface area contributed by atoms with Gasteiger partial charge < -0.3 is 5.11 Å². The zero-order valence-electron chi connectivity index (χ0n) is 8.35. The molecule has 0 aliphatic rings. The molecule has 1 aromatic carbocycles. The van der Waals surface area contributed by atoms with Crippen molar-refractivity contribution >= 4 is 21.4 Å². The summed E-state index contributed by atoms with van der Waals surface area (Å²) in [5, 5.41) is 10.2. The number of halogens is 1. The Bertz CT molecular complexity index is 428. The van der Waals surface area contributed by atoms with Gasteiger partial charge in [-0.25, -0.2) is 8.42 Å². The van der Waals surface area contributed by atoms with Crippen molar-refractivity contribution in [3.8, 4) is 0 Å². The number of sulfone groups is 1. The zero-order valence-corrected chi connectivity index (χ0v) is 9.92. The van der Waals surface area contributed by atoms with E-state index < -0.39 is 15.9 Å².